The first-order valence-corrected chi connectivity index (χ1v) is 6.73. The highest BCUT2D eigenvalue weighted by molar-refractivity contribution is 5.46. The second-order valence-corrected chi connectivity index (χ2v) is 5.86. The van der Waals surface area contributed by atoms with Crippen LogP contribution in [-0.2, 0) is 0 Å². The van der Waals surface area contributed by atoms with E-state index < -0.39 is 0 Å². The molecule has 1 rings (SSSR count). The molecular formula is C14H26N4. The van der Waals surface area contributed by atoms with Crippen LogP contribution >= 0.6 is 0 Å². The maximum Gasteiger partial charge on any atom is 0.131 e. The Bertz CT molecular complexity index is 357. The van der Waals surface area contributed by atoms with E-state index in [4.69, 9.17) is 0 Å². The number of rotatable bonds is 6. The lowest BCUT2D eigenvalue weighted by Crippen LogP contribution is -2.25. The summed E-state index contributed by atoms with van der Waals surface area (Å²) in [6.07, 6.45) is 2.69. The van der Waals surface area contributed by atoms with Gasteiger partial charge in [0.05, 0.1) is 0 Å². The first kappa shape index (κ1) is 14.7. The van der Waals surface area contributed by atoms with Crippen molar-refractivity contribution >= 4 is 11.6 Å². The fourth-order valence-electron chi connectivity index (χ4n) is 1.37. The van der Waals surface area contributed by atoms with Gasteiger partial charge in [-0.2, -0.15) is 0 Å². The molecule has 0 aliphatic rings. The highest BCUT2D eigenvalue weighted by Crippen LogP contribution is 2.25. The highest BCUT2D eigenvalue weighted by Gasteiger charge is 2.19. The van der Waals surface area contributed by atoms with Crippen molar-refractivity contribution in [2.75, 3.05) is 23.7 Å². The third-order valence-corrected chi connectivity index (χ3v) is 3.29. The summed E-state index contributed by atoms with van der Waals surface area (Å²) in [5.41, 5.74) is 0.309. The number of aromatic nitrogens is 2. The second kappa shape index (κ2) is 6.57. The third kappa shape index (κ3) is 4.90. The van der Waals surface area contributed by atoms with Gasteiger partial charge in [-0.15, -0.1) is 0 Å². The van der Waals surface area contributed by atoms with Crippen LogP contribution in [0, 0.1) is 11.3 Å². The van der Waals surface area contributed by atoms with Crippen LogP contribution in [0.3, 0.4) is 0 Å². The molecule has 0 saturated heterocycles. The Kier molecular flexibility index (Phi) is 5.38. The van der Waals surface area contributed by atoms with Crippen LogP contribution in [0.15, 0.2) is 12.4 Å². The molecule has 0 aliphatic carbocycles. The molecule has 0 saturated carbocycles. The molecule has 0 spiro atoms. The normalized spacial score (nSPS) is 13.2. The summed E-state index contributed by atoms with van der Waals surface area (Å²) >= 11 is 0. The van der Waals surface area contributed by atoms with Gasteiger partial charge in [0.1, 0.15) is 18.0 Å². The Hall–Kier alpha value is -1.32. The Labute approximate surface area is 111 Å². The minimum absolute atomic E-state index is 0.309. The lowest BCUT2D eigenvalue weighted by molar-refractivity contribution is 0.274. The molecular weight excluding hydrogens is 224 g/mol. The quantitative estimate of drug-likeness (QED) is 0.812. The largest absolute Gasteiger partial charge is 0.370 e. The zero-order valence-corrected chi connectivity index (χ0v) is 12.2. The zero-order chi connectivity index (χ0) is 13.6. The molecule has 2 N–H and O–H groups in total. The first-order chi connectivity index (χ1) is 8.43. The molecule has 1 atom stereocenters. The standard InChI is InChI=1S/C14H26N4/c1-6-7-15-12-8-13(18-10-17-12)16-9-11(2)14(3,4)5/h8,10-11H,6-7,9H2,1-5H3,(H2,15,16,17,18). The lowest BCUT2D eigenvalue weighted by Gasteiger charge is -2.27. The van der Waals surface area contributed by atoms with Crippen molar-refractivity contribution in [3.63, 3.8) is 0 Å². The van der Waals surface area contributed by atoms with Gasteiger partial charge in [0, 0.05) is 19.2 Å². The van der Waals surface area contributed by atoms with Gasteiger partial charge in [-0.25, -0.2) is 9.97 Å². The van der Waals surface area contributed by atoms with Crippen LogP contribution in [0.25, 0.3) is 0 Å². The molecule has 102 valence electrons. The molecule has 1 unspecified atom stereocenters. The Morgan fingerprint density at radius 2 is 1.78 bits per heavy atom. The van der Waals surface area contributed by atoms with Crippen molar-refractivity contribution in [1.82, 2.24) is 9.97 Å². The summed E-state index contributed by atoms with van der Waals surface area (Å²) in [4.78, 5) is 8.43. The Morgan fingerprint density at radius 1 is 1.17 bits per heavy atom. The molecule has 0 radical (unpaired) electrons. The van der Waals surface area contributed by atoms with Crippen molar-refractivity contribution in [3.8, 4) is 0 Å². The van der Waals surface area contributed by atoms with Gasteiger partial charge in [0.15, 0.2) is 0 Å². The lowest BCUT2D eigenvalue weighted by atomic mass is 9.82. The van der Waals surface area contributed by atoms with E-state index in [1.165, 1.54) is 0 Å². The Morgan fingerprint density at radius 3 is 2.33 bits per heavy atom. The predicted molar refractivity (Wildman–Crippen MR) is 77.9 cm³/mol. The molecule has 1 heterocycles. The molecule has 0 amide bonds. The van der Waals surface area contributed by atoms with Gasteiger partial charge in [-0.05, 0) is 17.8 Å². The van der Waals surface area contributed by atoms with Crippen molar-refractivity contribution in [2.24, 2.45) is 11.3 Å². The van der Waals surface area contributed by atoms with E-state index in [9.17, 15) is 0 Å². The van der Waals surface area contributed by atoms with Gasteiger partial charge in [0.2, 0.25) is 0 Å². The third-order valence-electron chi connectivity index (χ3n) is 3.29. The van der Waals surface area contributed by atoms with Crippen molar-refractivity contribution in [1.29, 1.82) is 0 Å². The van der Waals surface area contributed by atoms with Gasteiger partial charge in [-0.1, -0.05) is 34.6 Å². The maximum atomic E-state index is 4.24. The van der Waals surface area contributed by atoms with E-state index in [-0.39, 0.29) is 0 Å². The smallest absolute Gasteiger partial charge is 0.131 e. The highest BCUT2D eigenvalue weighted by atomic mass is 15.1. The average molecular weight is 250 g/mol. The number of hydrogen-bond acceptors (Lipinski definition) is 4. The molecule has 4 heteroatoms. The number of hydrogen-bond donors (Lipinski definition) is 2. The van der Waals surface area contributed by atoms with Gasteiger partial charge in [-0.3, -0.25) is 0 Å². The predicted octanol–water partition coefficient (Wildman–Crippen LogP) is 3.39. The zero-order valence-electron chi connectivity index (χ0n) is 12.2. The van der Waals surface area contributed by atoms with E-state index in [1.54, 1.807) is 6.33 Å². The monoisotopic (exact) mass is 250 g/mol. The van der Waals surface area contributed by atoms with Crippen LogP contribution < -0.4 is 10.6 Å². The average Bonchev–Trinajstić information content (AvgIpc) is 2.32. The minimum atomic E-state index is 0.309. The maximum absolute atomic E-state index is 4.24. The van der Waals surface area contributed by atoms with Gasteiger partial charge >= 0.3 is 0 Å². The summed E-state index contributed by atoms with van der Waals surface area (Å²) in [5, 5.41) is 6.64. The number of nitrogens with one attached hydrogen (secondary N) is 2. The van der Waals surface area contributed by atoms with Crippen LogP contribution in [0.1, 0.15) is 41.0 Å². The molecule has 0 aromatic carbocycles. The van der Waals surface area contributed by atoms with Gasteiger partial charge in [0.25, 0.3) is 0 Å². The van der Waals surface area contributed by atoms with Crippen molar-refractivity contribution < 1.29 is 0 Å². The number of anilines is 2. The van der Waals surface area contributed by atoms with Crippen LogP contribution in [0.5, 0.6) is 0 Å². The van der Waals surface area contributed by atoms with Crippen LogP contribution in [0.4, 0.5) is 11.6 Å². The summed E-state index contributed by atoms with van der Waals surface area (Å²) in [7, 11) is 0. The molecule has 18 heavy (non-hydrogen) atoms. The van der Waals surface area contributed by atoms with Crippen LogP contribution in [-0.4, -0.2) is 23.1 Å². The molecule has 1 aromatic rings. The molecule has 0 aliphatic heterocycles. The molecule has 4 nitrogen and oxygen atoms in total. The van der Waals surface area contributed by atoms with Gasteiger partial charge < -0.3 is 10.6 Å². The summed E-state index contributed by atoms with van der Waals surface area (Å²) in [6.45, 7) is 13.0. The van der Waals surface area contributed by atoms with Crippen molar-refractivity contribution in [2.45, 2.75) is 41.0 Å². The fourth-order valence-corrected chi connectivity index (χ4v) is 1.37. The van der Waals surface area contributed by atoms with E-state index in [0.29, 0.717) is 11.3 Å². The van der Waals surface area contributed by atoms with E-state index >= 15 is 0 Å². The van der Waals surface area contributed by atoms with Crippen molar-refractivity contribution in [3.05, 3.63) is 12.4 Å². The first-order valence-electron chi connectivity index (χ1n) is 6.73. The number of nitrogens with zero attached hydrogens (tertiary/aromatic N) is 2. The molecule has 0 fully saturated rings. The van der Waals surface area contributed by atoms with Crippen LogP contribution in [0.2, 0.25) is 0 Å². The minimum Gasteiger partial charge on any atom is -0.370 e. The van der Waals surface area contributed by atoms with E-state index in [1.807, 2.05) is 6.07 Å². The second-order valence-electron chi connectivity index (χ2n) is 5.86. The fraction of sp³-hybridized carbons (Fsp3) is 0.714. The summed E-state index contributed by atoms with van der Waals surface area (Å²) in [5.74, 6) is 2.36. The molecule has 1 aromatic heterocycles. The van der Waals surface area contributed by atoms with E-state index in [2.05, 4.69) is 55.2 Å². The Balaban J connectivity index is 2.52. The summed E-state index contributed by atoms with van der Waals surface area (Å²) < 4.78 is 0. The van der Waals surface area contributed by atoms with E-state index in [0.717, 1.165) is 31.1 Å². The summed E-state index contributed by atoms with van der Waals surface area (Å²) in [6, 6.07) is 1.96. The SMILES string of the molecule is CCCNc1cc(NCC(C)C(C)(C)C)ncn1. The molecule has 0 bridgehead atoms. The topological polar surface area (TPSA) is 49.8 Å².